The molecule has 0 saturated carbocycles. The number of aliphatic hydroxyl groups excluding tert-OH is 1. The van der Waals surface area contributed by atoms with E-state index in [-0.39, 0.29) is 17.8 Å². The maximum Gasteiger partial charge on any atom is 0.285 e. The van der Waals surface area contributed by atoms with Gasteiger partial charge in [-0.15, -0.1) is 0 Å². The lowest BCUT2D eigenvalue weighted by atomic mass is 10.0. The fraction of sp³-hybridized carbons (Fsp3) is 0.267. The number of aromatic nitrogens is 1. The van der Waals surface area contributed by atoms with E-state index in [4.69, 9.17) is 0 Å². The lowest BCUT2D eigenvalue weighted by Crippen LogP contribution is -2.22. The summed E-state index contributed by atoms with van der Waals surface area (Å²) < 4.78 is 1.15. The summed E-state index contributed by atoms with van der Waals surface area (Å²) in [6, 6.07) is 7.93. The summed E-state index contributed by atoms with van der Waals surface area (Å²) in [5.74, 6) is 0. The first-order valence-electron chi connectivity index (χ1n) is 6.48. The van der Waals surface area contributed by atoms with E-state index in [1.165, 1.54) is 0 Å². The summed E-state index contributed by atoms with van der Waals surface area (Å²) in [7, 11) is 0. The van der Waals surface area contributed by atoms with Crippen LogP contribution in [0.5, 0.6) is 0 Å². The third-order valence-corrected chi connectivity index (χ3v) is 3.18. The first-order chi connectivity index (χ1) is 9.86. The van der Waals surface area contributed by atoms with Crippen LogP contribution in [0.15, 0.2) is 41.3 Å². The van der Waals surface area contributed by atoms with Crippen LogP contribution in [-0.4, -0.2) is 14.6 Å². The Kier molecular flexibility index (Phi) is 4.18. The molecule has 0 radical (unpaired) electrons. The van der Waals surface area contributed by atoms with Crippen LogP contribution >= 0.6 is 0 Å². The van der Waals surface area contributed by atoms with Gasteiger partial charge in [0, 0.05) is 12.1 Å². The van der Waals surface area contributed by atoms with E-state index in [2.05, 4.69) is 0 Å². The fourth-order valence-corrected chi connectivity index (χ4v) is 2.26. The largest absolute Gasteiger partial charge is 0.387 e. The van der Waals surface area contributed by atoms with E-state index in [1.54, 1.807) is 0 Å². The highest BCUT2D eigenvalue weighted by Crippen LogP contribution is 2.19. The Morgan fingerprint density at radius 1 is 1.24 bits per heavy atom. The minimum absolute atomic E-state index is 0.0244. The molecule has 1 N–H and O–H groups in total. The minimum atomic E-state index is -0.900. The van der Waals surface area contributed by atoms with Gasteiger partial charge in [-0.05, 0) is 19.4 Å². The van der Waals surface area contributed by atoms with Gasteiger partial charge in [-0.25, -0.2) is 0 Å². The summed E-state index contributed by atoms with van der Waals surface area (Å²) in [6.07, 6.45) is 0.247. The average Bonchev–Trinajstić information content (AvgIpc) is 2.39. The van der Waals surface area contributed by atoms with Gasteiger partial charge in [-0.1, -0.05) is 29.3 Å². The van der Waals surface area contributed by atoms with E-state index in [9.17, 15) is 20.0 Å². The van der Waals surface area contributed by atoms with Crippen LogP contribution in [0.4, 0.5) is 5.69 Å². The van der Waals surface area contributed by atoms with Crippen molar-refractivity contribution in [1.29, 1.82) is 0 Å². The molecular weight excluding hydrogens is 272 g/mol. The van der Waals surface area contributed by atoms with Crippen LogP contribution in [0.3, 0.4) is 0 Å². The second kappa shape index (κ2) is 5.88. The van der Waals surface area contributed by atoms with Crippen molar-refractivity contribution in [2.75, 3.05) is 0 Å². The monoisotopic (exact) mass is 288 g/mol. The standard InChI is InChI=1S/C15H16N2O4/c1-10-5-11(2)7-12(6-10)14(18)9-16-8-13(17(20)21)3-4-15(16)19/h3-8,14,18H,9H2,1-2H3/t14-/m1/s1. The number of aryl methyl sites for hydroxylation is 2. The predicted octanol–water partition coefficient (Wildman–Crippen LogP) is 2.11. The number of nitro groups is 1. The molecule has 2 aromatic rings. The van der Waals surface area contributed by atoms with E-state index in [1.807, 2.05) is 32.0 Å². The Hall–Kier alpha value is -2.47. The molecular formula is C15H16N2O4. The van der Waals surface area contributed by atoms with Gasteiger partial charge in [0.1, 0.15) is 0 Å². The zero-order valence-corrected chi connectivity index (χ0v) is 11.8. The number of rotatable bonds is 4. The molecule has 0 aliphatic carbocycles. The van der Waals surface area contributed by atoms with E-state index < -0.39 is 11.0 Å². The van der Waals surface area contributed by atoms with Gasteiger partial charge in [0.15, 0.2) is 0 Å². The maximum atomic E-state index is 11.7. The van der Waals surface area contributed by atoms with Crippen LogP contribution < -0.4 is 5.56 Å². The van der Waals surface area contributed by atoms with Crippen LogP contribution in [-0.2, 0) is 6.54 Å². The third-order valence-electron chi connectivity index (χ3n) is 3.18. The van der Waals surface area contributed by atoms with Gasteiger partial charge < -0.3 is 9.67 Å². The average molecular weight is 288 g/mol. The molecule has 6 nitrogen and oxygen atoms in total. The van der Waals surface area contributed by atoms with Gasteiger partial charge in [-0.2, -0.15) is 0 Å². The molecule has 1 aromatic carbocycles. The summed E-state index contributed by atoms with van der Waals surface area (Å²) in [5, 5.41) is 21.0. The van der Waals surface area contributed by atoms with Crippen molar-refractivity contribution >= 4 is 5.69 Å². The molecule has 0 amide bonds. The number of pyridine rings is 1. The second-order valence-corrected chi connectivity index (χ2v) is 5.07. The van der Waals surface area contributed by atoms with Crippen molar-refractivity contribution in [2.45, 2.75) is 26.5 Å². The Bertz CT molecular complexity index is 716. The van der Waals surface area contributed by atoms with Crippen LogP contribution in [0.1, 0.15) is 22.8 Å². The molecule has 0 spiro atoms. The summed E-state index contributed by atoms with van der Waals surface area (Å²) in [4.78, 5) is 21.9. The Morgan fingerprint density at radius 2 is 1.86 bits per heavy atom. The molecule has 0 aliphatic heterocycles. The Morgan fingerprint density at radius 3 is 2.43 bits per heavy atom. The summed E-state index contributed by atoms with van der Waals surface area (Å²) in [6.45, 7) is 3.81. The highest BCUT2D eigenvalue weighted by atomic mass is 16.6. The van der Waals surface area contributed by atoms with Crippen molar-refractivity contribution in [1.82, 2.24) is 4.57 Å². The molecule has 6 heteroatoms. The molecule has 0 fully saturated rings. The normalized spacial score (nSPS) is 12.1. The minimum Gasteiger partial charge on any atom is -0.387 e. The first kappa shape index (κ1) is 14.9. The van der Waals surface area contributed by atoms with Crippen molar-refractivity contribution in [3.8, 4) is 0 Å². The predicted molar refractivity (Wildman–Crippen MR) is 78.2 cm³/mol. The summed E-state index contributed by atoms with van der Waals surface area (Å²) >= 11 is 0. The fourth-order valence-electron chi connectivity index (χ4n) is 2.26. The van der Waals surface area contributed by atoms with Gasteiger partial charge in [0.25, 0.3) is 11.2 Å². The van der Waals surface area contributed by atoms with E-state index in [0.717, 1.165) is 34.0 Å². The zero-order chi connectivity index (χ0) is 15.6. The van der Waals surface area contributed by atoms with Gasteiger partial charge in [0.2, 0.25) is 0 Å². The Labute approximate surface area is 121 Å². The van der Waals surface area contributed by atoms with Gasteiger partial charge in [0.05, 0.1) is 23.8 Å². The molecule has 0 saturated heterocycles. The number of hydrogen-bond donors (Lipinski definition) is 1. The van der Waals surface area contributed by atoms with Crippen molar-refractivity contribution in [3.05, 3.63) is 73.7 Å². The number of nitrogens with zero attached hydrogens (tertiary/aromatic N) is 2. The number of benzene rings is 1. The highest BCUT2D eigenvalue weighted by Gasteiger charge is 2.13. The molecule has 1 atom stereocenters. The number of hydrogen-bond acceptors (Lipinski definition) is 4. The topological polar surface area (TPSA) is 85.4 Å². The highest BCUT2D eigenvalue weighted by molar-refractivity contribution is 5.30. The molecule has 1 heterocycles. The lowest BCUT2D eigenvalue weighted by Gasteiger charge is -2.14. The number of aliphatic hydroxyl groups is 1. The molecule has 0 bridgehead atoms. The molecule has 0 aliphatic rings. The summed E-state index contributed by atoms with van der Waals surface area (Å²) in [5.41, 5.74) is 2.14. The van der Waals surface area contributed by atoms with Gasteiger partial charge >= 0.3 is 0 Å². The molecule has 110 valence electrons. The smallest absolute Gasteiger partial charge is 0.285 e. The first-order valence-corrected chi connectivity index (χ1v) is 6.48. The van der Waals surface area contributed by atoms with E-state index >= 15 is 0 Å². The molecule has 0 unspecified atom stereocenters. The van der Waals surface area contributed by atoms with E-state index in [0.29, 0.717) is 5.56 Å². The van der Waals surface area contributed by atoms with Crippen LogP contribution in [0, 0.1) is 24.0 Å². The third kappa shape index (κ3) is 3.55. The van der Waals surface area contributed by atoms with Crippen molar-refractivity contribution in [2.24, 2.45) is 0 Å². The lowest BCUT2D eigenvalue weighted by molar-refractivity contribution is -0.385. The Balaban J connectivity index is 2.30. The maximum absolute atomic E-state index is 11.7. The van der Waals surface area contributed by atoms with Crippen LogP contribution in [0.25, 0.3) is 0 Å². The van der Waals surface area contributed by atoms with Gasteiger partial charge in [-0.3, -0.25) is 14.9 Å². The second-order valence-electron chi connectivity index (χ2n) is 5.07. The van der Waals surface area contributed by atoms with Crippen molar-refractivity contribution < 1.29 is 10.0 Å². The quantitative estimate of drug-likeness (QED) is 0.689. The van der Waals surface area contributed by atoms with Crippen LogP contribution in [0.2, 0.25) is 0 Å². The molecule has 21 heavy (non-hydrogen) atoms. The zero-order valence-electron chi connectivity index (χ0n) is 11.8. The SMILES string of the molecule is Cc1cc(C)cc([C@H](O)Cn2cc([N+](=O)[O-])ccc2=O)c1. The van der Waals surface area contributed by atoms with Crippen molar-refractivity contribution in [3.63, 3.8) is 0 Å². The molecule has 2 rings (SSSR count). The molecule has 1 aromatic heterocycles.